The van der Waals surface area contributed by atoms with E-state index in [4.69, 9.17) is 0 Å². The molecule has 3 nitrogen and oxygen atoms in total. The Hall–Kier alpha value is -1.01. The minimum Gasteiger partial charge on any atom is -0.389 e. The number of rotatable bonds is 2. The molecule has 0 heterocycles. The average molecular weight is 384 g/mol. The number of nitrogens with one attached hydrogen (secondary N) is 1. The molecular formula is C17H16BrF2NO2. The molecule has 0 aliphatic heterocycles. The third kappa shape index (κ3) is 1.50. The lowest BCUT2D eigenvalue weighted by atomic mass is 9.36. The van der Waals surface area contributed by atoms with Gasteiger partial charge in [-0.05, 0) is 55.6 Å². The number of carbonyl (C=O) groups excluding carboxylic acids is 1. The summed E-state index contributed by atoms with van der Waals surface area (Å²) in [5.41, 5.74) is -1.08. The van der Waals surface area contributed by atoms with Crippen molar-refractivity contribution in [1.29, 1.82) is 0 Å². The Morgan fingerprint density at radius 2 is 1.96 bits per heavy atom. The van der Waals surface area contributed by atoms with Gasteiger partial charge >= 0.3 is 0 Å². The number of hydrogen-bond acceptors (Lipinski definition) is 2. The van der Waals surface area contributed by atoms with Crippen molar-refractivity contribution >= 4 is 21.8 Å². The first-order valence-corrected chi connectivity index (χ1v) is 8.83. The van der Waals surface area contributed by atoms with Crippen molar-refractivity contribution in [1.82, 2.24) is 5.32 Å². The summed E-state index contributed by atoms with van der Waals surface area (Å²) in [6, 6.07) is 2.13. The first kappa shape index (κ1) is 14.3. The van der Waals surface area contributed by atoms with Crippen LogP contribution < -0.4 is 5.32 Å². The highest BCUT2D eigenvalue weighted by Gasteiger charge is 2.83. The second-order valence-corrected chi connectivity index (χ2v) is 8.64. The molecule has 2 bridgehead atoms. The molecule has 1 aromatic rings. The van der Waals surface area contributed by atoms with E-state index in [-0.39, 0.29) is 27.8 Å². The van der Waals surface area contributed by atoms with Crippen LogP contribution in [0, 0.1) is 34.8 Å². The Balaban J connectivity index is 1.41. The van der Waals surface area contributed by atoms with Crippen molar-refractivity contribution < 1.29 is 18.7 Å². The Bertz CT molecular complexity index is 733. The maximum absolute atomic E-state index is 14.0. The molecule has 6 heteroatoms. The molecule has 0 radical (unpaired) electrons. The summed E-state index contributed by atoms with van der Waals surface area (Å²) < 4.78 is 28.2. The minimum absolute atomic E-state index is 0.0214. The van der Waals surface area contributed by atoms with Crippen LogP contribution in [0.15, 0.2) is 16.6 Å². The van der Waals surface area contributed by atoms with E-state index in [2.05, 4.69) is 21.2 Å². The maximum Gasteiger partial charge on any atom is 0.257 e. The van der Waals surface area contributed by atoms with Crippen molar-refractivity contribution in [3.8, 4) is 0 Å². The molecule has 2 N–H and O–H groups in total. The Morgan fingerprint density at radius 1 is 1.26 bits per heavy atom. The number of halogens is 3. The summed E-state index contributed by atoms with van der Waals surface area (Å²) in [6.45, 7) is 0. The molecule has 1 spiro atoms. The van der Waals surface area contributed by atoms with Crippen molar-refractivity contribution in [2.24, 2.45) is 23.2 Å². The molecule has 122 valence electrons. The van der Waals surface area contributed by atoms with E-state index in [1.54, 1.807) is 0 Å². The van der Waals surface area contributed by atoms with Gasteiger partial charge in [-0.3, -0.25) is 4.79 Å². The van der Waals surface area contributed by atoms with Crippen molar-refractivity contribution in [3.05, 3.63) is 33.8 Å². The lowest BCUT2D eigenvalue weighted by Crippen LogP contribution is -2.74. The predicted molar refractivity (Wildman–Crippen MR) is 81.6 cm³/mol. The fraction of sp³-hybridized carbons (Fsp3) is 0.588. The largest absolute Gasteiger partial charge is 0.389 e. The second kappa shape index (κ2) is 4.14. The van der Waals surface area contributed by atoms with Crippen LogP contribution in [0.1, 0.15) is 36.0 Å². The number of carbonyl (C=O) groups is 1. The van der Waals surface area contributed by atoms with Gasteiger partial charge in [-0.2, -0.15) is 0 Å². The van der Waals surface area contributed by atoms with Gasteiger partial charge in [0.2, 0.25) is 0 Å². The lowest BCUT2D eigenvalue weighted by molar-refractivity contribution is -0.288. The van der Waals surface area contributed by atoms with Crippen LogP contribution in [0.25, 0.3) is 0 Å². The van der Waals surface area contributed by atoms with Gasteiger partial charge in [0.15, 0.2) is 0 Å². The van der Waals surface area contributed by atoms with Gasteiger partial charge in [-0.25, -0.2) is 8.78 Å². The first-order chi connectivity index (χ1) is 10.9. The molecule has 4 saturated carbocycles. The first-order valence-electron chi connectivity index (χ1n) is 8.03. The highest BCUT2D eigenvalue weighted by Crippen LogP contribution is 2.82. The molecular weight excluding hydrogens is 368 g/mol. The zero-order valence-corrected chi connectivity index (χ0v) is 13.9. The van der Waals surface area contributed by atoms with Crippen LogP contribution in [-0.2, 0) is 0 Å². The highest BCUT2D eigenvalue weighted by atomic mass is 79.9. The quantitative estimate of drug-likeness (QED) is 0.824. The van der Waals surface area contributed by atoms with Gasteiger partial charge in [0, 0.05) is 15.9 Å². The van der Waals surface area contributed by atoms with Crippen LogP contribution in [0.3, 0.4) is 0 Å². The highest BCUT2D eigenvalue weighted by molar-refractivity contribution is 9.10. The van der Waals surface area contributed by atoms with E-state index in [1.807, 2.05) is 0 Å². The Morgan fingerprint density at radius 3 is 2.57 bits per heavy atom. The number of aliphatic hydroxyl groups is 1. The number of amides is 1. The Labute approximate surface area is 140 Å². The van der Waals surface area contributed by atoms with E-state index in [0.717, 1.165) is 31.4 Å². The van der Waals surface area contributed by atoms with Crippen molar-refractivity contribution in [2.75, 3.05) is 0 Å². The van der Waals surface area contributed by atoms with Crippen LogP contribution in [0.4, 0.5) is 8.78 Å². The second-order valence-electron chi connectivity index (χ2n) is 7.73. The third-order valence-electron chi connectivity index (χ3n) is 7.05. The Kier molecular flexibility index (Phi) is 2.58. The normalized spacial score (nSPS) is 45.2. The zero-order valence-electron chi connectivity index (χ0n) is 12.3. The molecule has 4 aliphatic carbocycles. The number of benzene rings is 1. The van der Waals surface area contributed by atoms with Crippen molar-refractivity contribution in [2.45, 2.75) is 37.3 Å². The van der Waals surface area contributed by atoms with Gasteiger partial charge < -0.3 is 10.4 Å². The maximum atomic E-state index is 14.0. The van der Waals surface area contributed by atoms with E-state index in [9.17, 15) is 18.7 Å². The van der Waals surface area contributed by atoms with Gasteiger partial charge in [0.1, 0.15) is 17.2 Å². The van der Waals surface area contributed by atoms with Gasteiger partial charge in [0.25, 0.3) is 5.91 Å². The molecule has 0 aromatic heterocycles. The number of fused-ring (bicyclic) bond motifs is 1. The van der Waals surface area contributed by atoms with E-state index in [1.165, 1.54) is 0 Å². The molecule has 23 heavy (non-hydrogen) atoms. The van der Waals surface area contributed by atoms with Crippen LogP contribution in [-0.4, -0.2) is 22.7 Å². The van der Waals surface area contributed by atoms with Gasteiger partial charge in [-0.1, -0.05) is 15.9 Å². The lowest BCUT2D eigenvalue weighted by Gasteiger charge is -2.71. The van der Waals surface area contributed by atoms with E-state index in [0.29, 0.717) is 12.3 Å². The third-order valence-corrected chi connectivity index (χ3v) is 7.51. The average Bonchev–Trinajstić information content (AvgIpc) is 2.85. The van der Waals surface area contributed by atoms with E-state index < -0.39 is 28.7 Å². The number of hydrogen-bond donors (Lipinski definition) is 2. The predicted octanol–water partition coefficient (Wildman–Crippen LogP) is 3.01. The molecule has 5 rings (SSSR count). The smallest absolute Gasteiger partial charge is 0.257 e. The topological polar surface area (TPSA) is 49.3 Å². The van der Waals surface area contributed by atoms with Gasteiger partial charge in [0.05, 0.1) is 5.60 Å². The van der Waals surface area contributed by atoms with Crippen LogP contribution >= 0.6 is 15.9 Å². The molecule has 4 unspecified atom stereocenters. The van der Waals surface area contributed by atoms with Crippen LogP contribution in [0.5, 0.6) is 0 Å². The fourth-order valence-corrected chi connectivity index (χ4v) is 6.70. The summed E-state index contributed by atoms with van der Waals surface area (Å²) in [6.07, 6.45) is 3.54. The van der Waals surface area contributed by atoms with E-state index >= 15 is 0 Å². The summed E-state index contributed by atoms with van der Waals surface area (Å²) in [4.78, 5) is 12.4. The molecule has 4 fully saturated rings. The minimum atomic E-state index is -0.859. The van der Waals surface area contributed by atoms with Crippen LogP contribution in [0.2, 0.25) is 0 Å². The molecule has 0 saturated heterocycles. The molecule has 1 aromatic carbocycles. The fourth-order valence-electron chi connectivity index (χ4n) is 6.30. The summed E-state index contributed by atoms with van der Waals surface area (Å²) in [5.74, 6) is -1.35. The molecule has 4 aliphatic rings. The summed E-state index contributed by atoms with van der Waals surface area (Å²) in [7, 11) is 0. The molecule has 6 atom stereocenters. The van der Waals surface area contributed by atoms with Crippen molar-refractivity contribution in [3.63, 3.8) is 0 Å². The monoisotopic (exact) mass is 383 g/mol. The summed E-state index contributed by atoms with van der Waals surface area (Å²) >= 11 is 3.01. The standard InChI is InChI=1S/C17H16BrF2NO2/c18-9-2-11(19)13(12(20)3-9)15(22)21-14-7-4-16(23)6-8-1-10(14)17(8,16)5-7/h2-3,7-8,10,14,23H,1,4-6H2,(H,21,22)/t7?,8?,10?,14-,16+,17?/m1/s1. The molecule has 1 amide bonds. The summed E-state index contributed by atoms with van der Waals surface area (Å²) in [5, 5.41) is 13.5. The SMILES string of the molecule is O=C(N[C@@H]1C2CC34C(CC13)C[C@@]4(O)C2)c1c(F)cc(Br)cc1F. The van der Waals surface area contributed by atoms with Gasteiger partial charge in [-0.15, -0.1) is 0 Å². The zero-order chi connectivity index (χ0) is 16.1.